The lowest BCUT2D eigenvalue weighted by Crippen LogP contribution is -2.37. The van der Waals surface area contributed by atoms with E-state index in [4.69, 9.17) is 10.2 Å². The molecule has 0 aliphatic heterocycles. The van der Waals surface area contributed by atoms with E-state index in [1.807, 2.05) is 0 Å². The van der Waals surface area contributed by atoms with Gasteiger partial charge in [0, 0.05) is 6.20 Å². The lowest BCUT2D eigenvalue weighted by Gasteiger charge is -2.11. The van der Waals surface area contributed by atoms with Gasteiger partial charge in [0.1, 0.15) is 12.1 Å². The molecule has 0 bridgehead atoms. The molecule has 1 heterocycles. The van der Waals surface area contributed by atoms with E-state index in [9.17, 15) is 24.0 Å². The molecule has 2 rings (SSSR count). The fraction of sp³-hybridized carbons (Fsp3) is 0.111. The van der Waals surface area contributed by atoms with Crippen LogP contribution in [0.1, 0.15) is 37.5 Å². The van der Waals surface area contributed by atoms with Gasteiger partial charge in [-0.15, -0.1) is 0 Å². The van der Waals surface area contributed by atoms with E-state index in [1.165, 1.54) is 36.4 Å². The predicted octanol–water partition coefficient (Wildman–Crippen LogP) is 0.804. The molecule has 0 spiro atoms. The zero-order valence-corrected chi connectivity index (χ0v) is 14.3. The summed E-state index contributed by atoms with van der Waals surface area (Å²) in [5.74, 6) is -3.82. The van der Waals surface area contributed by atoms with Gasteiger partial charge in [-0.25, -0.2) is 9.78 Å². The molecule has 144 valence electrons. The van der Waals surface area contributed by atoms with E-state index in [0.29, 0.717) is 6.29 Å². The zero-order valence-electron chi connectivity index (χ0n) is 14.3. The maximum Gasteiger partial charge on any atom is 0.336 e. The number of aliphatic carboxylic acids is 1. The number of pyridine rings is 1. The number of amides is 2. The Hall–Kier alpha value is -4.08. The summed E-state index contributed by atoms with van der Waals surface area (Å²) >= 11 is 0. The first-order valence-electron chi connectivity index (χ1n) is 7.89. The number of carbonyl (C=O) groups is 5. The van der Waals surface area contributed by atoms with Crippen LogP contribution in [0.2, 0.25) is 0 Å². The first-order valence-corrected chi connectivity index (χ1v) is 7.89. The molecule has 2 aromatic rings. The Kier molecular flexibility index (Phi) is 6.53. The summed E-state index contributed by atoms with van der Waals surface area (Å²) in [6.45, 7) is 0. The van der Waals surface area contributed by atoms with Crippen LogP contribution < -0.4 is 10.6 Å². The van der Waals surface area contributed by atoms with Gasteiger partial charge in [0.2, 0.25) is 0 Å². The molecule has 1 atom stereocenters. The summed E-state index contributed by atoms with van der Waals surface area (Å²) in [6, 6.07) is 7.08. The molecular weight excluding hydrogens is 370 g/mol. The van der Waals surface area contributed by atoms with Crippen LogP contribution in [0.25, 0.3) is 0 Å². The van der Waals surface area contributed by atoms with Crippen molar-refractivity contribution in [2.24, 2.45) is 0 Å². The third-order valence-electron chi connectivity index (χ3n) is 3.54. The molecule has 28 heavy (non-hydrogen) atoms. The molecule has 10 heteroatoms. The largest absolute Gasteiger partial charge is 0.481 e. The molecule has 0 aliphatic carbocycles. The summed E-state index contributed by atoms with van der Waals surface area (Å²) in [5, 5.41) is 22.4. The number of carboxylic acids is 2. The lowest BCUT2D eigenvalue weighted by atomic mass is 10.1. The Balaban J connectivity index is 2.07. The minimum atomic E-state index is -1.25. The highest BCUT2D eigenvalue weighted by Crippen LogP contribution is 2.12. The number of aromatic nitrogens is 1. The summed E-state index contributed by atoms with van der Waals surface area (Å²) in [5.41, 5.74) is -0.184. The molecule has 1 aromatic heterocycles. The Labute approximate surface area is 158 Å². The van der Waals surface area contributed by atoms with Crippen LogP contribution in [0, 0.1) is 0 Å². The molecule has 0 aliphatic rings. The second-order valence-corrected chi connectivity index (χ2v) is 5.55. The number of anilines is 1. The van der Waals surface area contributed by atoms with Gasteiger partial charge in [0.05, 0.1) is 29.2 Å². The van der Waals surface area contributed by atoms with E-state index < -0.39 is 36.2 Å². The molecule has 1 aromatic carbocycles. The highest BCUT2D eigenvalue weighted by atomic mass is 16.4. The molecule has 0 saturated carbocycles. The zero-order chi connectivity index (χ0) is 20.7. The van der Waals surface area contributed by atoms with Crippen LogP contribution in [0.15, 0.2) is 42.6 Å². The van der Waals surface area contributed by atoms with Crippen molar-refractivity contribution in [1.82, 2.24) is 10.3 Å². The standard InChI is InChI=1S/C18H15N3O7/c22-9-11(7-15(23)24)20-16(25)10-5-6-14(19-8-10)21-17(26)12-3-1-2-4-13(12)18(27)28/h1-6,8-9,11H,7H2,(H,20,25)(H,23,24)(H,27,28)(H,19,21,26)/t11-/m0/s1. The predicted molar refractivity (Wildman–Crippen MR) is 95.2 cm³/mol. The molecule has 0 saturated heterocycles. The fourth-order valence-electron chi connectivity index (χ4n) is 2.23. The molecular formula is C18H15N3O7. The van der Waals surface area contributed by atoms with Crippen LogP contribution >= 0.6 is 0 Å². The van der Waals surface area contributed by atoms with E-state index in [0.717, 1.165) is 6.20 Å². The molecule has 4 N–H and O–H groups in total. The van der Waals surface area contributed by atoms with Crippen molar-refractivity contribution >= 4 is 35.9 Å². The van der Waals surface area contributed by atoms with Gasteiger partial charge in [0.15, 0.2) is 0 Å². The molecule has 0 unspecified atom stereocenters. The van der Waals surface area contributed by atoms with Gasteiger partial charge < -0.3 is 25.6 Å². The Bertz CT molecular complexity index is 925. The Morgan fingerprint density at radius 2 is 1.68 bits per heavy atom. The Morgan fingerprint density at radius 1 is 1.00 bits per heavy atom. The van der Waals surface area contributed by atoms with Crippen molar-refractivity contribution in [2.45, 2.75) is 12.5 Å². The van der Waals surface area contributed by atoms with E-state index in [1.54, 1.807) is 0 Å². The first-order chi connectivity index (χ1) is 13.3. The lowest BCUT2D eigenvalue weighted by molar-refractivity contribution is -0.138. The number of rotatable bonds is 8. The molecule has 0 radical (unpaired) electrons. The summed E-state index contributed by atoms with van der Waals surface area (Å²) < 4.78 is 0. The van der Waals surface area contributed by atoms with Crippen molar-refractivity contribution in [1.29, 1.82) is 0 Å². The van der Waals surface area contributed by atoms with Gasteiger partial charge in [-0.2, -0.15) is 0 Å². The van der Waals surface area contributed by atoms with Crippen LogP contribution in [0.4, 0.5) is 5.82 Å². The van der Waals surface area contributed by atoms with Crippen LogP contribution in [-0.4, -0.2) is 51.3 Å². The van der Waals surface area contributed by atoms with Crippen molar-refractivity contribution < 1.29 is 34.2 Å². The topological polar surface area (TPSA) is 163 Å². The van der Waals surface area contributed by atoms with Crippen molar-refractivity contribution in [3.63, 3.8) is 0 Å². The minimum Gasteiger partial charge on any atom is -0.481 e. The number of aldehydes is 1. The van der Waals surface area contributed by atoms with Crippen LogP contribution in [-0.2, 0) is 9.59 Å². The van der Waals surface area contributed by atoms with Crippen molar-refractivity contribution in [2.75, 3.05) is 5.32 Å². The van der Waals surface area contributed by atoms with Gasteiger partial charge >= 0.3 is 11.9 Å². The summed E-state index contributed by atoms with van der Waals surface area (Å²) in [4.78, 5) is 60.8. The number of nitrogens with zero attached hydrogens (tertiary/aromatic N) is 1. The normalized spacial score (nSPS) is 11.1. The smallest absolute Gasteiger partial charge is 0.336 e. The number of benzene rings is 1. The summed E-state index contributed by atoms with van der Waals surface area (Å²) in [7, 11) is 0. The number of nitrogens with one attached hydrogen (secondary N) is 2. The molecule has 0 fully saturated rings. The Morgan fingerprint density at radius 3 is 2.21 bits per heavy atom. The number of carbonyl (C=O) groups excluding carboxylic acids is 3. The van der Waals surface area contributed by atoms with Crippen molar-refractivity contribution in [3.05, 3.63) is 59.3 Å². The van der Waals surface area contributed by atoms with Crippen LogP contribution in [0.5, 0.6) is 0 Å². The second kappa shape index (κ2) is 9.03. The molecule has 2 amide bonds. The maximum absolute atomic E-state index is 12.3. The number of aromatic carboxylic acids is 1. The quantitative estimate of drug-likeness (QED) is 0.485. The van der Waals surface area contributed by atoms with Crippen molar-refractivity contribution in [3.8, 4) is 0 Å². The number of hydrogen-bond acceptors (Lipinski definition) is 6. The average Bonchev–Trinajstić information content (AvgIpc) is 2.67. The van der Waals surface area contributed by atoms with Gasteiger partial charge in [0.25, 0.3) is 11.8 Å². The number of carboxylic acid groups (broad SMARTS) is 2. The highest BCUT2D eigenvalue weighted by Gasteiger charge is 2.18. The van der Waals surface area contributed by atoms with Gasteiger partial charge in [-0.05, 0) is 24.3 Å². The third-order valence-corrected chi connectivity index (χ3v) is 3.54. The maximum atomic E-state index is 12.3. The fourth-order valence-corrected chi connectivity index (χ4v) is 2.23. The van der Waals surface area contributed by atoms with Gasteiger partial charge in [-0.3, -0.25) is 14.4 Å². The average molecular weight is 385 g/mol. The van der Waals surface area contributed by atoms with Gasteiger partial charge in [-0.1, -0.05) is 12.1 Å². The highest BCUT2D eigenvalue weighted by molar-refractivity contribution is 6.10. The van der Waals surface area contributed by atoms with Crippen LogP contribution in [0.3, 0.4) is 0 Å². The monoisotopic (exact) mass is 385 g/mol. The number of hydrogen-bond donors (Lipinski definition) is 4. The second-order valence-electron chi connectivity index (χ2n) is 5.55. The first kappa shape index (κ1) is 20.2. The third kappa shape index (κ3) is 5.21. The minimum absolute atomic E-state index is 0.0428. The van der Waals surface area contributed by atoms with E-state index in [-0.39, 0.29) is 22.5 Å². The molecule has 10 nitrogen and oxygen atoms in total. The SMILES string of the molecule is O=C[C@H](CC(=O)O)NC(=O)c1ccc(NC(=O)c2ccccc2C(=O)O)nc1. The van der Waals surface area contributed by atoms with E-state index >= 15 is 0 Å². The van der Waals surface area contributed by atoms with E-state index in [2.05, 4.69) is 15.6 Å². The summed E-state index contributed by atoms with van der Waals surface area (Å²) in [6.07, 6.45) is 0.879.